The summed E-state index contributed by atoms with van der Waals surface area (Å²) in [6, 6.07) is 71.0. The molecule has 0 bridgehead atoms. The third-order valence-corrected chi connectivity index (χ3v) is 15.1. The van der Waals surface area contributed by atoms with Crippen LogP contribution in [0.25, 0.3) is 74.7 Å². The highest BCUT2D eigenvalue weighted by atomic mass is 32.1. The zero-order chi connectivity index (χ0) is 40.8. The molecular formula is C58H37BN2S. The molecule has 0 saturated carbocycles. The van der Waals surface area contributed by atoms with Gasteiger partial charge in [0.05, 0.1) is 10.7 Å². The smallest absolute Gasteiger partial charge is 0.254 e. The van der Waals surface area contributed by atoms with Crippen molar-refractivity contribution in [2.45, 2.75) is 13.8 Å². The van der Waals surface area contributed by atoms with Crippen LogP contribution in [0.1, 0.15) is 11.1 Å². The second kappa shape index (κ2) is 12.6. The number of nitrogens with zero attached hydrogens (tertiary/aromatic N) is 2. The molecule has 14 rings (SSSR count). The summed E-state index contributed by atoms with van der Waals surface area (Å²) in [6.45, 7) is 4.53. The Labute approximate surface area is 363 Å². The van der Waals surface area contributed by atoms with Gasteiger partial charge in [0.1, 0.15) is 0 Å². The van der Waals surface area contributed by atoms with Crippen LogP contribution in [0.2, 0.25) is 0 Å². The molecule has 3 heterocycles. The van der Waals surface area contributed by atoms with E-state index in [0.717, 1.165) is 0 Å². The highest BCUT2D eigenvalue weighted by Crippen LogP contribution is 2.51. The molecule has 0 aliphatic carbocycles. The number of rotatable bonds is 2. The lowest BCUT2D eigenvalue weighted by atomic mass is 9.33. The van der Waals surface area contributed by atoms with Gasteiger partial charge in [0.2, 0.25) is 0 Å². The first-order chi connectivity index (χ1) is 30.6. The van der Waals surface area contributed by atoms with Crippen LogP contribution in [0.3, 0.4) is 0 Å². The molecular weight excluding hydrogens is 768 g/mol. The Kier molecular flexibility index (Phi) is 6.96. The monoisotopic (exact) mass is 804 g/mol. The van der Waals surface area contributed by atoms with Gasteiger partial charge in [-0.25, -0.2) is 0 Å². The fourth-order valence-electron chi connectivity index (χ4n) is 11.4. The first-order valence-corrected chi connectivity index (χ1v) is 22.4. The third kappa shape index (κ3) is 4.54. The van der Waals surface area contributed by atoms with Crippen molar-refractivity contribution in [2.75, 3.05) is 9.80 Å². The number of thiophene rings is 1. The second-order valence-electron chi connectivity index (χ2n) is 17.3. The largest absolute Gasteiger partial charge is 0.311 e. The molecule has 11 aromatic carbocycles. The SMILES string of the molecule is Cc1ccc2c(c1)B1c3c(cccc3N(c3cccc4c5ccccc5c5ccccc5c34)c3sc4ccc(C)cc4c31)N2c1ccc2c3ccccc3c3ccccc3c2c1. The van der Waals surface area contributed by atoms with Crippen LogP contribution < -0.4 is 26.2 Å². The lowest BCUT2D eigenvalue weighted by Crippen LogP contribution is -2.61. The normalized spacial score (nSPS) is 13.2. The molecule has 0 fully saturated rings. The molecule has 0 unspecified atom stereocenters. The second-order valence-corrected chi connectivity index (χ2v) is 18.3. The summed E-state index contributed by atoms with van der Waals surface area (Å²) in [6.07, 6.45) is 0. The first-order valence-electron chi connectivity index (χ1n) is 21.6. The average Bonchev–Trinajstić information content (AvgIpc) is 3.69. The molecule has 1 aromatic heterocycles. The predicted molar refractivity (Wildman–Crippen MR) is 270 cm³/mol. The summed E-state index contributed by atoms with van der Waals surface area (Å²) >= 11 is 1.93. The number of hydrogen-bond acceptors (Lipinski definition) is 3. The van der Waals surface area contributed by atoms with Crippen molar-refractivity contribution in [1.29, 1.82) is 0 Å². The zero-order valence-electron chi connectivity index (χ0n) is 34.3. The molecule has 12 aromatic rings. The van der Waals surface area contributed by atoms with Gasteiger partial charge in [-0.3, -0.25) is 0 Å². The topological polar surface area (TPSA) is 6.48 Å². The Hall–Kier alpha value is -7.40. The Bertz CT molecular complexity index is 3860. The Morgan fingerprint density at radius 1 is 0.355 bits per heavy atom. The highest BCUT2D eigenvalue weighted by molar-refractivity contribution is 7.26. The van der Waals surface area contributed by atoms with E-state index in [9.17, 15) is 0 Å². The maximum absolute atomic E-state index is 2.63. The molecule has 0 radical (unpaired) electrons. The predicted octanol–water partition coefficient (Wildman–Crippen LogP) is 14.5. The van der Waals surface area contributed by atoms with Crippen LogP contribution in [-0.2, 0) is 0 Å². The number of fused-ring (bicyclic) bond motifs is 18. The molecule has 2 nitrogen and oxygen atoms in total. The minimum atomic E-state index is 0.0481. The van der Waals surface area contributed by atoms with Gasteiger partial charge in [0, 0.05) is 32.8 Å². The number of hydrogen-bond donors (Lipinski definition) is 0. The van der Waals surface area contributed by atoms with Gasteiger partial charge in [-0.15, -0.1) is 11.3 Å². The van der Waals surface area contributed by atoms with Gasteiger partial charge < -0.3 is 9.80 Å². The Balaban J connectivity index is 1.10. The van der Waals surface area contributed by atoms with Gasteiger partial charge in [-0.2, -0.15) is 0 Å². The number of benzene rings is 11. The Morgan fingerprint density at radius 2 is 0.855 bits per heavy atom. The lowest BCUT2D eigenvalue weighted by molar-refractivity contribution is 1.27. The van der Waals surface area contributed by atoms with Gasteiger partial charge in [-0.05, 0) is 137 Å². The Morgan fingerprint density at radius 3 is 1.52 bits per heavy atom. The average molecular weight is 805 g/mol. The fraction of sp³-hybridized carbons (Fsp3) is 0.0345. The minimum absolute atomic E-state index is 0.0481. The molecule has 4 heteroatoms. The van der Waals surface area contributed by atoms with E-state index in [0.29, 0.717) is 0 Å². The van der Waals surface area contributed by atoms with E-state index in [1.54, 1.807) is 0 Å². The van der Waals surface area contributed by atoms with Crippen molar-refractivity contribution in [3.8, 4) is 0 Å². The molecule has 2 aliphatic heterocycles. The van der Waals surface area contributed by atoms with Crippen molar-refractivity contribution in [1.82, 2.24) is 0 Å². The van der Waals surface area contributed by atoms with E-state index in [4.69, 9.17) is 0 Å². The van der Waals surface area contributed by atoms with Crippen LogP contribution in [-0.4, -0.2) is 6.71 Å². The van der Waals surface area contributed by atoms with Crippen LogP contribution in [0.4, 0.5) is 33.4 Å². The van der Waals surface area contributed by atoms with Crippen LogP contribution >= 0.6 is 11.3 Å². The van der Waals surface area contributed by atoms with Crippen molar-refractivity contribution >= 4 is 143 Å². The molecule has 62 heavy (non-hydrogen) atoms. The van der Waals surface area contributed by atoms with Gasteiger partial charge in [-0.1, -0.05) is 157 Å². The standard InChI is InChI=1S/C58H37BN2S/c1-34-26-30-54-48(31-34)56-58(62-54)61(51-22-11-21-46-42-17-7-5-16-40(42)41-18-9-10-20-45(41)55(46)51)53-24-12-23-52-57(53)59(56)49-32-35(2)25-29-50(49)60(52)36-27-28-44-39-15-4-3-13-37(39)38-14-6-8-19-43(38)47(44)33-36/h3-33H,1-2H3. The fourth-order valence-corrected chi connectivity index (χ4v) is 12.6. The summed E-state index contributed by atoms with van der Waals surface area (Å²) in [5.74, 6) is 0. The molecule has 0 atom stereocenters. The maximum atomic E-state index is 2.63. The highest BCUT2D eigenvalue weighted by Gasteiger charge is 2.45. The number of anilines is 6. The van der Waals surface area contributed by atoms with E-state index < -0.39 is 0 Å². The third-order valence-electron chi connectivity index (χ3n) is 13.9. The first kappa shape index (κ1) is 34.3. The number of aryl methyl sites for hydroxylation is 2. The van der Waals surface area contributed by atoms with Crippen molar-refractivity contribution in [2.24, 2.45) is 0 Å². The summed E-state index contributed by atoms with van der Waals surface area (Å²) in [4.78, 5) is 5.19. The molecule has 288 valence electrons. The van der Waals surface area contributed by atoms with E-state index in [-0.39, 0.29) is 6.71 Å². The molecule has 0 N–H and O–H groups in total. The van der Waals surface area contributed by atoms with E-state index in [1.807, 2.05) is 11.3 Å². The molecule has 2 aliphatic rings. The quantitative estimate of drug-likeness (QED) is 0.127. The van der Waals surface area contributed by atoms with Gasteiger partial charge >= 0.3 is 0 Å². The van der Waals surface area contributed by atoms with Gasteiger partial charge in [0.15, 0.2) is 0 Å². The maximum Gasteiger partial charge on any atom is 0.254 e. The minimum Gasteiger partial charge on any atom is -0.311 e. The van der Waals surface area contributed by atoms with Crippen molar-refractivity contribution < 1.29 is 0 Å². The zero-order valence-corrected chi connectivity index (χ0v) is 35.1. The van der Waals surface area contributed by atoms with E-state index in [1.165, 1.54) is 136 Å². The molecule has 0 saturated heterocycles. The summed E-state index contributed by atoms with van der Waals surface area (Å²) in [5, 5.41) is 18.1. The van der Waals surface area contributed by atoms with Gasteiger partial charge in [0.25, 0.3) is 6.71 Å². The summed E-state index contributed by atoms with van der Waals surface area (Å²) in [5.41, 5.74) is 12.7. The van der Waals surface area contributed by atoms with Crippen LogP contribution in [0, 0.1) is 13.8 Å². The molecule has 0 amide bonds. The lowest BCUT2D eigenvalue weighted by Gasteiger charge is -2.43. The molecule has 0 spiro atoms. The van der Waals surface area contributed by atoms with Crippen molar-refractivity contribution in [3.05, 3.63) is 199 Å². The van der Waals surface area contributed by atoms with E-state index >= 15 is 0 Å². The summed E-state index contributed by atoms with van der Waals surface area (Å²) < 4.78 is 1.32. The summed E-state index contributed by atoms with van der Waals surface area (Å²) in [7, 11) is 0. The van der Waals surface area contributed by atoms with E-state index in [2.05, 4.69) is 212 Å². The van der Waals surface area contributed by atoms with Crippen molar-refractivity contribution in [3.63, 3.8) is 0 Å². The van der Waals surface area contributed by atoms with Crippen LogP contribution in [0.5, 0.6) is 0 Å². The van der Waals surface area contributed by atoms with Crippen LogP contribution in [0.15, 0.2) is 188 Å².